The van der Waals surface area contributed by atoms with Gasteiger partial charge in [0.25, 0.3) is 5.91 Å². The van der Waals surface area contributed by atoms with E-state index in [1.165, 1.54) is 4.90 Å². The third kappa shape index (κ3) is 2.28. The molecule has 102 valence electrons. The number of rotatable bonds is 4. The first-order valence-electron chi connectivity index (χ1n) is 6.66. The Hall–Kier alpha value is -1.68. The van der Waals surface area contributed by atoms with Crippen molar-refractivity contribution in [1.29, 1.82) is 0 Å². The molecular weight excluding hydrogens is 240 g/mol. The summed E-state index contributed by atoms with van der Waals surface area (Å²) >= 11 is 0. The van der Waals surface area contributed by atoms with Crippen LogP contribution in [0.4, 0.5) is 0 Å². The predicted octanol–water partition coefficient (Wildman–Crippen LogP) is 1.69. The molecule has 0 aromatic heterocycles. The molecule has 0 saturated heterocycles. The Bertz CT molecular complexity index is 509. The molecule has 0 saturated carbocycles. The molecule has 0 fully saturated rings. The molecule has 1 heterocycles. The van der Waals surface area contributed by atoms with Gasteiger partial charge in [-0.05, 0) is 44.9 Å². The average molecular weight is 260 g/mol. The number of hydrogen-bond acceptors (Lipinski definition) is 3. The van der Waals surface area contributed by atoms with Crippen molar-refractivity contribution in [3.8, 4) is 0 Å². The number of carbonyl (C=O) groups is 2. The number of amides is 2. The van der Waals surface area contributed by atoms with E-state index in [9.17, 15) is 9.59 Å². The fourth-order valence-electron chi connectivity index (χ4n) is 2.52. The lowest BCUT2D eigenvalue weighted by Crippen LogP contribution is -2.52. The van der Waals surface area contributed by atoms with E-state index in [0.717, 1.165) is 18.4 Å². The molecule has 19 heavy (non-hydrogen) atoms. The Kier molecular flexibility index (Phi) is 3.71. The summed E-state index contributed by atoms with van der Waals surface area (Å²) in [4.78, 5) is 26.2. The normalized spacial score (nSPS) is 17.5. The fourth-order valence-corrected chi connectivity index (χ4v) is 2.52. The second kappa shape index (κ2) is 5.13. The summed E-state index contributed by atoms with van der Waals surface area (Å²) < 4.78 is 0. The zero-order chi connectivity index (χ0) is 14.0. The fraction of sp³-hybridized carbons (Fsp3) is 0.467. The van der Waals surface area contributed by atoms with Crippen LogP contribution in [0.2, 0.25) is 0 Å². The highest BCUT2D eigenvalue weighted by Gasteiger charge is 2.43. The monoisotopic (exact) mass is 260 g/mol. The zero-order valence-electron chi connectivity index (χ0n) is 11.5. The molecular formula is C15H20N2O2. The molecule has 1 aliphatic rings. The predicted molar refractivity (Wildman–Crippen MR) is 73.8 cm³/mol. The molecule has 0 atom stereocenters. The van der Waals surface area contributed by atoms with Gasteiger partial charge in [0.1, 0.15) is 0 Å². The van der Waals surface area contributed by atoms with E-state index < -0.39 is 5.41 Å². The third-order valence-electron chi connectivity index (χ3n) is 3.69. The number of benzene rings is 1. The molecule has 0 unspecified atom stereocenters. The molecule has 1 aromatic rings. The van der Waals surface area contributed by atoms with Gasteiger partial charge in [-0.25, -0.2) is 0 Å². The van der Waals surface area contributed by atoms with Crippen molar-refractivity contribution in [2.75, 3.05) is 13.1 Å². The van der Waals surface area contributed by atoms with Crippen LogP contribution < -0.4 is 5.73 Å². The molecule has 0 aliphatic carbocycles. The van der Waals surface area contributed by atoms with Crippen molar-refractivity contribution in [1.82, 2.24) is 4.90 Å². The largest absolute Gasteiger partial charge is 0.330 e. The number of nitrogens with two attached hydrogens (primary N) is 1. The number of hydrogen-bond donors (Lipinski definition) is 1. The smallest absolute Gasteiger partial charge is 0.260 e. The summed E-state index contributed by atoms with van der Waals surface area (Å²) in [6, 6.07) is 7.36. The molecule has 2 N–H and O–H groups in total. The first kappa shape index (κ1) is 13.7. The Morgan fingerprint density at radius 1 is 1.16 bits per heavy atom. The van der Waals surface area contributed by atoms with Gasteiger partial charge in [-0.2, -0.15) is 0 Å². The van der Waals surface area contributed by atoms with Crippen LogP contribution in [0, 0.1) is 0 Å². The summed E-state index contributed by atoms with van der Waals surface area (Å²) in [5.41, 5.74) is 6.27. The van der Waals surface area contributed by atoms with Crippen molar-refractivity contribution in [2.45, 2.75) is 32.1 Å². The van der Waals surface area contributed by atoms with Crippen molar-refractivity contribution < 1.29 is 9.59 Å². The minimum absolute atomic E-state index is 0.117. The Morgan fingerprint density at radius 2 is 1.84 bits per heavy atom. The van der Waals surface area contributed by atoms with Crippen LogP contribution in [0.1, 0.15) is 42.6 Å². The van der Waals surface area contributed by atoms with Crippen LogP contribution in [0.5, 0.6) is 0 Å². The molecule has 0 radical (unpaired) electrons. The van der Waals surface area contributed by atoms with Crippen molar-refractivity contribution in [3.63, 3.8) is 0 Å². The van der Waals surface area contributed by atoms with E-state index in [1.54, 1.807) is 6.07 Å². The summed E-state index contributed by atoms with van der Waals surface area (Å²) in [6.07, 6.45) is 1.57. The topological polar surface area (TPSA) is 63.4 Å². The van der Waals surface area contributed by atoms with E-state index in [4.69, 9.17) is 5.73 Å². The minimum Gasteiger partial charge on any atom is -0.330 e. The SMILES string of the molecule is CC1(C)C(=O)N(CCCCN)C(=O)c2ccccc21. The molecule has 0 spiro atoms. The van der Waals surface area contributed by atoms with Crippen LogP contribution in [-0.2, 0) is 10.2 Å². The maximum Gasteiger partial charge on any atom is 0.260 e. The molecule has 4 heteroatoms. The van der Waals surface area contributed by atoms with Gasteiger partial charge in [-0.3, -0.25) is 14.5 Å². The average Bonchev–Trinajstić information content (AvgIpc) is 2.41. The van der Waals surface area contributed by atoms with Gasteiger partial charge in [-0.15, -0.1) is 0 Å². The number of carbonyl (C=O) groups excluding carboxylic acids is 2. The molecule has 0 bridgehead atoms. The van der Waals surface area contributed by atoms with Crippen LogP contribution in [0.3, 0.4) is 0 Å². The van der Waals surface area contributed by atoms with E-state index in [2.05, 4.69) is 0 Å². The molecule has 1 aliphatic heterocycles. The van der Waals surface area contributed by atoms with Gasteiger partial charge >= 0.3 is 0 Å². The van der Waals surface area contributed by atoms with E-state index in [0.29, 0.717) is 18.7 Å². The lowest BCUT2D eigenvalue weighted by molar-refractivity contribution is -0.134. The summed E-state index contributed by atoms with van der Waals surface area (Å²) in [5, 5.41) is 0. The molecule has 4 nitrogen and oxygen atoms in total. The van der Waals surface area contributed by atoms with E-state index >= 15 is 0 Å². The second-order valence-electron chi connectivity index (χ2n) is 5.43. The summed E-state index contributed by atoms with van der Waals surface area (Å²) in [6.45, 7) is 4.77. The zero-order valence-corrected chi connectivity index (χ0v) is 11.5. The van der Waals surface area contributed by atoms with Crippen LogP contribution in [0.25, 0.3) is 0 Å². The Labute approximate surface area is 113 Å². The highest BCUT2D eigenvalue weighted by molar-refractivity contribution is 6.12. The van der Waals surface area contributed by atoms with Crippen molar-refractivity contribution in [3.05, 3.63) is 35.4 Å². The third-order valence-corrected chi connectivity index (χ3v) is 3.69. The highest BCUT2D eigenvalue weighted by atomic mass is 16.2. The first-order chi connectivity index (χ1) is 9.00. The van der Waals surface area contributed by atoms with Crippen molar-refractivity contribution in [2.24, 2.45) is 5.73 Å². The lowest BCUT2D eigenvalue weighted by atomic mass is 9.77. The maximum atomic E-state index is 12.5. The number of nitrogens with zero attached hydrogens (tertiary/aromatic N) is 1. The van der Waals surface area contributed by atoms with Gasteiger partial charge < -0.3 is 5.73 Å². The number of imide groups is 1. The first-order valence-corrected chi connectivity index (χ1v) is 6.66. The van der Waals surface area contributed by atoms with Crippen LogP contribution >= 0.6 is 0 Å². The maximum absolute atomic E-state index is 12.5. The van der Waals surface area contributed by atoms with E-state index in [-0.39, 0.29) is 11.8 Å². The minimum atomic E-state index is -0.646. The Balaban J connectivity index is 2.35. The molecule has 2 rings (SSSR count). The lowest BCUT2D eigenvalue weighted by Gasteiger charge is -2.37. The summed E-state index contributed by atoms with van der Waals surface area (Å²) in [7, 11) is 0. The van der Waals surface area contributed by atoms with Gasteiger partial charge in [0.15, 0.2) is 0 Å². The van der Waals surface area contributed by atoms with Crippen molar-refractivity contribution >= 4 is 11.8 Å². The Morgan fingerprint density at radius 3 is 2.53 bits per heavy atom. The van der Waals surface area contributed by atoms with E-state index in [1.807, 2.05) is 32.0 Å². The standard InChI is InChI=1S/C15H20N2O2/c1-15(2)12-8-4-3-7-11(12)13(18)17(14(15)19)10-6-5-9-16/h3-4,7-8H,5-6,9-10,16H2,1-2H3. The van der Waals surface area contributed by atoms with Gasteiger partial charge in [0.2, 0.25) is 5.91 Å². The number of fused-ring (bicyclic) bond motifs is 1. The van der Waals surface area contributed by atoms with Crippen LogP contribution in [-0.4, -0.2) is 29.8 Å². The van der Waals surface area contributed by atoms with Gasteiger partial charge in [-0.1, -0.05) is 18.2 Å². The second-order valence-corrected chi connectivity index (χ2v) is 5.43. The summed E-state index contributed by atoms with van der Waals surface area (Å²) in [5.74, 6) is -0.301. The molecule has 2 amide bonds. The molecule has 1 aromatic carbocycles. The van der Waals surface area contributed by atoms with Crippen LogP contribution in [0.15, 0.2) is 24.3 Å². The van der Waals surface area contributed by atoms with Gasteiger partial charge in [0.05, 0.1) is 5.41 Å². The van der Waals surface area contributed by atoms with Gasteiger partial charge in [0, 0.05) is 12.1 Å². The number of unbranched alkanes of at least 4 members (excludes halogenated alkanes) is 1. The highest BCUT2D eigenvalue weighted by Crippen LogP contribution is 2.34. The quantitative estimate of drug-likeness (QED) is 0.662.